The minimum Gasteiger partial charge on any atom is -0.469 e. The van der Waals surface area contributed by atoms with Gasteiger partial charge in [-0.1, -0.05) is 18.2 Å². The number of urea groups is 1. The van der Waals surface area contributed by atoms with E-state index in [0.717, 1.165) is 0 Å². The van der Waals surface area contributed by atoms with Crippen LogP contribution in [0.25, 0.3) is 0 Å². The Hall–Kier alpha value is -2.45. The topological polar surface area (TPSA) is 96.9 Å². The highest BCUT2D eigenvalue weighted by Gasteiger charge is 2.29. The molecule has 24 heavy (non-hydrogen) atoms. The second-order valence-electron chi connectivity index (χ2n) is 5.20. The van der Waals surface area contributed by atoms with E-state index >= 15 is 0 Å². The van der Waals surface area contributed by atoms with Crippen molar-refractivity contribution < 1.29 is 28.6 Å². The Morgan fingerprint density at radius 1 is 1.38 bits per heavy atom. The minimum atomic E-state index is -0.706. The summed E-state index contributed by atoms with van der Waals surface area (Å²) in [5.74, 6) is -0.899. The molecule has 3 atom stereocenters. The molecule has 0 aromatic heterocycles. The Bertz CT molecular complexity index is 622. The van der Waals surface area contributed by atoms with E-state index in [4.69, 9.17) is 4.74 Å². The number of rotatable bonds is 5. The van der Waals surface area contributed by atoms with E-state index in [1.54, 1.807) is 18.2 Å². The molecule has 8 heteroatoms. The van der Waals surface area contributed by atoms with Crippen LogP contribution in [0.3, 0.4) is 0 Å². The van der Waals surface area contributed by atoms with E-state index in [-0.39, 0.29) is 13.0 Å². The molecular weight excluding hydrogens is 319 g/mol. The third-order valence-corrected chi connectivity index (χ3v) is 3.44. The summed E-state index contributed by atoms with van der Waals surface area (Å²) in [6, 6.07) is 4.32. The number of halogens is 1. The normalized spacial score (nSPS) is 22.7. The van der Waals surface area contributed by atoms with E-state index in [2.05, 4.69) is 15.4 Å². The summed E-state index contributed by atoms with van der Waals surface area (Å²) < 4.78 is 23.2. The highest BCUT2D eigenvalue weighted by molar-refractivity contribution is 5.89. The van der Waals surface area contributed by atoms with Crippen molar-refractivity contribution in [3.05, 3.63) is 42.2 Å². The molecule has 7 nitrogen and oxygen atoms in total. The molecule has 2 amide bonds. The van der Waals surface area contributed by atoms with Crippen LogP contribution in [0.15, 0.2) is 36.4 Å². The predicted molar refractivity (Wildman–Crippen MR) is 83.9 cm³/mol. The summed E-state index contributed by atoms with van der Waals surface area (Å²) in [6.45, 7) is -0.340. The number of carbonyl (C=O) groups is 2. The van der Waals surface area contributed by atoms with Crippen LogP contribution < -0.4 is 10.6 Å². The number of benzene rings is 1. The van der Waals surface area contributed by atoms with E-state index in [1.165, 1.54) is 25.3 Å². The number of esters is 1. The van der Waals surface area contributed by atoms with Crippen molar-refractivity contribution in [1.82, 2.24) is 5.32 Å². The molecule has 1 aromatic carbocycles. The van der Waals surface area contributed by atoms with Crippen LogP contribution in [0, 0.1) is 5.82 Å². The molecule has 3 N–H and O–H groups in total. The molecule has 0 bridgehead atoms. The summed E-state index contributed by atoms with van der Waals surface area (Å²) >= 11 is 0. The largest absolute Gasteiger partial charge is 0.469 e. The number of aliphatic hydroxyl groups excluding tert-OH is 1. The van der Waals surface area contributed by atoms with Crippen LogP contribution in [0.4, 0.5) is 14.9 Å². The molecule has 0 radical (unpaired) electrons. The van der Waals surface area contributed by atoms with Gasteiger partial charge in [0.2, 0.25) is 0 Å². The van der Waals surface area contributed by atoms with Gasteiger partial charge in [-0.05, 0) is 18.2 Å². The predicted octanol–water partition coefficient (Wildman–Crippen LogP) is 1.19. The first-order valence-corrected chi connectivity index (χ1v) is 7.36. The Balaban J connectivity index is 1.94. The van der Waals surface area contributed by atoms with Crippen molar-refractivity contribution in [2.24, 2.45) is 0 Å². The van der Waals surface area contributed by atoms with Crippen LogP contribution in [-0.2, 0) is 14.3 Å². The number of ether oxygens (including phenoxy) is 2. The number of hydrogen-bond acceptors (Lipinski definition) is 5. The Morgan fingerprint density at radius 3 is 2.83 bits per heavy atom. The maximum absolute atomic E-state index is 13.1. The van der Waals surface area contributed by atoms with Crippen molar-refractivity contribution in [3.63, 3.8) is 0 Å². The van der Waals surface area contributed by atoms with E-state index < -0.39 is 36.1 Å². The van der Waals surface area contributed by atoms with Crippen molar-refractivity contribution in [2.45, 2.75) is 24.7 Å². The average Bonchev–Trinajstić information content (AvgIpc) is 2.56. The molecule has 1 aliphatic rings. The van der Waals surface area contributed by atoms with Gasteiger partial charge in [0.25, 0.3) is 0 Å². The molecule has 0 spiro atoms. The lowest BCUT2D eigenvalue weighted by Crippen LogP contribution is -2.49. The number of methoxy groups -OCH3 is 1. The van der Waals surface area contributed by atoms with E-state index in [9.17, 15) is 19.1 Å². The van der Waals surface area contributed by atoms with Crippen molar-refractivity contribution >= 4 is 17.7 Å². The zero-order chi connectivity index (χ0) is 17.5. The number of carbonyl (C=O) groups excluding carboxylic acids is 2. The highest BCUT2D eigenvalue weighted by Crippen LogP contribution is 2.16. The Morgan fingerprint density at radius 2 is 2.17 bits per heavy atom. The maximum atomic E-state index is 13.1. The summed E-state index contributed by atoms with van der Waals surface area (Å²) in [4.78, 5) is 23.2. The van der Waals surface area contributed by atoms with Gasteiger partial charge in [-0.25, -0.2) is 9.18 Å². The van der Waals surface area contributed by atoms with Gasteiger partial charge >= 0.3 is 12.0 Å². The zero-order valence-corrected chi connectivity index (χ0v) is 13.1. The third kappa shape index (κ3) is 5.04. The molecule has 1 heterocycles. The van der Waals surface area contributed by atoms with Gasteiger partial charge in [-0.15, -0.1) is 0 Å². The first-order chi connectivity index (χ1) is 11.5. The molecule has 1 aliphatic heterocycles. The summed E-state index contributed by atoms with van der Waals surface area (Å²) in [5, 5.41) is 14.5. The maximum Gasteiger partial charge on any atom is 0.319 e. The molecular formula is C16H19FN2O5. The first-order valence-electron chi connectivity index (χ1n) is 7.36. The van der Waals surface area contributed by atoms with E-state index in [0.29, 0.717) is 5.69 Å². The fourth-order valence-electron chi connectivity index (χ4n) is 2.27. The van der Waals surface area contributed by atoms with Crippen molar-refractivity contribution in [1.29, 1.82) is 0 Å². The molecule has 130 valence electrons. The van der Waals surface area contributed by atoms with Gasteiger partial charge in [0.15, 0.2) is 0 Å². The van der Waals surface area contributed by atoms with Gasteiger partial charge in [0.1, 0.15) is 11.9 Å². The van der Waals surface area contributed by atoms with Crippen LogP contribution >= 0.6 is 0 Å². The summed E-state index contributed by atoms with van der Waals surface area (Å²) in [7, 11) is 1.28. The lowest BCUT2D eigenvalue weighted by atomic mass is 10.1. The first kappa shape index (κ1) is 17.9. The monoisotopic (exact) mass is 338 g/mol. The van der Waals surface area contributed by atoms with Gasteiger partial charge in [0, 0.05) is 5.69 Å². The van der Waals surface area contributed by atoms with E-state index in [1.807, 2.05) is 0 Å². The molecule has 2 rings (SSSR count). The van der Waals surface area contributed by atoms with Crippen LogP contribution in [-0.4, -0.2) is 49.1 Å². The van der Waals surface area contributed by atoms with Crippen molar-refractivity contribution in [3.8, 4) is 0 Å². The minimum absolute atomic E-state index is 0.0196. The van der Waals surface area contributed by atoms with Crippen LogP contribution in [0.5, 0.6) is 0 Å². The summed E-state index contributed by atoms with van der Waals surface area (Å²) in [5.41, 5.74) is 0.303. The third-order valence-electron chi connectivity index (χ3n) is 3.44. The SMILES string of the molecule is COC(=O)C[C@@H]1C=C[C@@H](NC(=O)Nc2cccc(F)c2)[C@@H](CO)O1. The van der Waals surface area contributed by atoms with Crippen LogP contribution in [0.1, 0.15) is 6.42 Å². The van der Waals surface area contributed by atoms with Crippen molar-refractivity contribution in [2.75, 3.05) is 19.0 Å². The molecule has 0 fully saturated rings. The Labute approximate surface area is 138 Å². The molecule has 0 unspecified atom stereocenters. The highest BCUT2D eigenvalue weighted by atomic mass is 19.1. The number of hydrogen-bond donors (Lipinski definition) is 3. The number of amides is 2. The second kappa shape index (κ2) is 8.42. The quantitative estimate of drug-likeness (QED) is 0.554. The zero-order valence-electron chi connectivity index (χ0n) is 13.1. The Kier molecular flexibility index (Phi) is 6.28. The molecule has 0 saturated carbocycles. The van der Waals surface area contributed by atoms with Gasteiger partial charge in [0.05, 0.1) is 32.3 Å². The lowest BCUT2D eigenvalue weighted by molar-refractivity contribution is -0.144. The lowest BCUT2D eigenvalue weighted by Gasteiger charge is -2.31. The molecule has 0 aliphatic carbocycles. The van der Waals surface area contributed by atoms with Gasteiger partial charge in [-0.3, -0.25) is 4.79 Å². The van der Waals surface area contributed by atoms with Gasteiger partial charge < -0.3 is 25.2 Å². The van der Waals surface area contributed by atoms with Crippen LogP contribution in [0.2, 0.25) is 0 Å². The number of anilines is 1. The molecule has 1 aromatic rings. The number of nitrogens with one attached hydrogen (secondary N) is 2. The van der Waals surface area contributed by atoms with Gasteiger partial charge in [-0.2, -0.15) is 0 Å². The standard InChI is InChI=1S/C16H19FN2O5/c1-23-15(21)8-12-5-6-13(14(9-20)24-12)19-16(22)18-11-4-2-3-10(17)7-11/h2-7,12-14,20H,8-9H2,1H3,(H2,18,19,22)/t12-,13+,14+/m0/s1. The molecule has 0 saturated heterocycles. The number of aliphatic hydroxyl groups is 1. The average molecular weight is 338 g/mol. The fourth-order valence-corrected chi connectivity index (χ4v) is 2.27. The fraction of sp³-hybridized carbons (Fsp3) is 0.375. The second-order valence-corrected chi connectivity index (χ2v) is 5.20. The smallest absolute Gasteiger partial charge is 0.319 e. The summed E-state index contributed by atoms with van der Waals surface area (Å²) in [6.07, 6.45) is 2.05.